The molecule has 0 radical (unpaired) electrons. The van der Waals surface area contributed by atoms with E-state index in [4.69, 9.17) is 4.52 Å². The monoisotopic (exact) mass is 277 g/mol. The quantitative estimate of drug-likeness (QED) is 0.827. The topological polar surface area (TPSA) is 58.3 Å². The number of hydrogen-bond acceptors (Lipinski definition) is 6. The van der Waals surface area contributed by atoms with Crippen LogP contribution in [0.2, 0.25) is 0 Å². The number of anilines is 1. The zero-order valence-corrected chi connectivity index (χ0v) is 11.5. The predicted molar refractivity (Wildman–Crippen MR) is 70.8 cm³/mol. The Bertz CT molecular complexity index is 602. The number of nitrogens with zero attached hydrogens (tertiary/aromatic N) is 5. The maximum absolute atomic E-state index is 13.8. The van der Waals surface area contributed by atoms with E-state index in [1.54, 1.807) is 19.2 Å². The van der Waals surface area contributed by atoms with Gasteiger partial charge in [-0.05, 0) is 26.1 Å². The molecule has 1 saturated heterocycles. The highest BCUT2D eigenvalue weighted by molar-refractivity contribution is 5.40. The van der Waals surface area contributed by atoms with Crippen LogP contribution in [-0.2, 0) is 0 Å². The number of rotatable bonds is 2. The summed E-state index contributed by atoms with van der Waals surface area (Å²) < 4.78 is 19.1. The van der Waals surface area contributed by atoms with Gasteiger partial charge in [0.15, 0.2) is 17.5 Å². The molecule has 3 heterocycles. The Kier molecular flexibility index (Phi) is 3.35. The van der Waals surface area contributed by atoms with Crippen molar-refractivity contribution < 1.29 is 8.91 Å². The van der Waals surface area contributed by atoms with Crippen LogP contribution >= 0.6 is 0 Å². The molecular weight excluding hydrogens is 261 g/mol. The number of aryl methyl sites for hydroxylation is 1. The summed E-state index contributed by atoms with van der Waals surface area (Å²) in [5.41, 5.74) is 0. The van der Waals surface area contributed by atoms with E-state index in [2.05, 4.69) is 20.0 Å². The second kappa shape index (κ2) is 5.16. The minimum atomic E-state index is -0.308. The predicted octanol–water partition coefficient (Wildman–Crippen LogP) is 1.41. The van der Waals surface area contributed by atoms with Crippen molar-refractivity contribution in [2.24, 2.45) is 0 Å². The summed E-state index contributed by atoms with van der Waals surface area (Å²) in [5, 5.41) is 3.82. The van der Waals surface area contributed by atoms with E-state index in [1.807, 2.05) is 11.9 Å². The lowest BCUT2D eigenvalue weighted by Gasteiger charge is -2.38. The van der Waals surface area contributed by atoms with Crippen LogP contribution in [-0.4, -0.2) is 46.7 Å². The van der Waals surface area contributed by atoms with Gasteiger partial charge in [0.25, 0.3) is 0 Å². The van der Waals surface area contributed by atoms with Crippen LogP contribution in [0.5, 0.6) is 0 Å². The van der Waals surface area contributed by atoms with Crippen LogP contribution in [0, 0.1) is 12.7 Å². The molecule has 20 heavy (non-hydrogen) atoms. The molecule has 0 N–H and O–H groups in total. The largest absolute Gasteiger partial charge is 0.351 e. The third-order valence-corrected chi connectivity index (χ3v) is 3.51. The molecule has 3 rings (SSSR count). The molecule has 0 aliphatic carbocycles. The minimum Gasteiger partial charge on any atom is -0.351 e. The fourth-order valence-electron chi connectivity index (χ4n) is 2.39. The highest BCUT2D eigenvalue weighted by Gasteiger charge is 2.31. The van der Waals surface area contributed by atoms with Gasteiger partial charge in [-0.2, -0.15) is 4.98 Å². The van der Waals surface area contributed by atoms with Crippen molar-refractivity contribution in [1.29, 1.82) is 0 Å². The SMILES string of the molecule is Cc1noc(C2CN(c3ncccc3F)CCN2C)n1. The summed E-state index contributed by atoms with van der Waals surface area (Å²) in [5.74, 6) is 1.24. The second-order valence-electron chi connectivity index (χ2n) is 4.93. The van der Waals surface area contributed by atoms with E-state index < -0.39 is 0 Å². The Morgan fingerprint density at radius 2 is 2.25 bits per heavy atom. The first-order chi connectivity index (χ1) is 9.65. The molecule has 0 aromatic carbocycles. The third kappa shape index (κ3) is 2.36. The van der Waals surface area contributed by atoms with Crippen LogP contribution in [0.25, 0.3) is 0 Å². The van der Waals surface area contributed by atoms with Gasteiger partial charge in [0.05, 0.1) is 0 Å². The fourth-order valence-corrected chi connectivity index (χ4v) is 2.39. The summed E-state index contributed by atoms with van der Waals surface area (Å²) in [6.45, 7) is 3.86. The average molecular weight is 277 g/mol. The van der Waals surface area contributed by atoms with Crippen LogP contribution in [0.4, 0.5) is 10.2 Å². The Balaban J connectivity index is 1.85. The molecular formula is C13H16FN5O. The number of halogens is 1. The molecule has 0 saturated carbocycles. The fraction of sp³-hybridized carbons (Fsp3) is 0.462. The van der Waals surface area contributed by atoms with Crippen LogP contribution < -0.4 is 4.90 Å². The van der Waals surface area contributed by atoms with Crippen molar-refractivity contribution in [3.8, 4) is 0 Å². The van der Waals surface area contributed by atoms with Crippen molar-refractivity contribution in [3.63, 3.8) is 0 Å². The Hall–Kier alpha value is -2.02. The Labute approximate surface area is 116 Å². The molecule has 0 amide bonds. The van der Waals surface area contributed by atoms with Crippen molar-refractivity contribution in [1.82, 2.24) is 20.0 Å². The lowest BCUT2D eigenvalue weighted by atomic mass is 10.1. The number of pyridine rings is 1. The molecule has 106 valence electrons. The number of aromatic nitrogens is 3. The number of hydrogen-bond donors (Lipinski definition) is 0. The number of piperazine rings is 1. The lowest BCUT2D eigenvalue weighted by Crippen LogP contribution is -2.47. The van der Waals surface area contributed by atoms with Crippen LogP contribution in [0.3, 0.4) is 0 Å². The highest BCUT2D eigenvalue weighted by Crippen LogP contribution is 2.26. The second-order valence-corrected chi connectivity index (χ2v) is 4.93. The first-order valence-corrected chi connectivity index (χ1v) is 6.51. The average Bonchev–Trinajstić information content (AvgIpc) is 2.87. The lowest BCUT2D eigenvalue weighted by molar-refractivity contribution is 0.177. The van der Waals surface area contributed by atoms with Gasteiger partial charge in [0, 0.05) is 25.8 Å². The maximum atomic E-state index is 13.8. The summed E-state index contributed by atoms with van der Waals surface area (Å²) in [7, 11) is 2.00. The van der Waals surface area contributed by atoms with E-state index in [-0.39, 0.29) is 11.9 Å². The zero-order valence-electron chi connectivity index (χ0n) is 11.5. The molecule has 1 unspecified atom stereocenters. The van der Waals surface area contributed by atoms with Crippen molar-refractivity contribution >= 4 is 5.82 Å². The van der Waals surface area contributed by atoms with Gasteiger partial charge in [-0.1, -0.05) is 5.16 Å². The van der Waals surface area contributed by atoms with E-state index in [0.717, 1.165) is 6.54 Å². The molecule has 0 spiro atoms. The van der Waals surface area contributed by atoms with Gasteiger partial charge in [-0.3, -0.25) is 4.90 Å². The molecule has 1 aliphatic heterocycles. The van der Waals surface area contributed by atoms with Crippen molar-refractivity contribution in [2.75, 3.05) is 31.6 Å². The van der Waals surface area contributed by atoms with Crippen molar-refractivity contribution in [3.05, 3.63) is 35.9 Å². The minimum absolute atomic E-state index is 0.0497. The van der Waals surface area contributed by atoms with E-state index in [1.165, 1.54) is 6.07 Å². The van der Waals surface area contributed by atoms with Gasteiger partial charge < -0.3 is 9.42 Å². The Morgan fingerprint density at radius 3 is 2.95 bits per heavy atom. The summed E-state index contributed by atoms with van der Waals surface area (Å²) in [6, 6.07) is 2.96. The van der Waals surface area contributed by atoms with E-state index >= 15 is 0 Å². The van der Waals surface area contributed by atoms with Gasteiger partial charge >= 0.3 is 0 Å². The first-order valence-electron chi connectivity index (χ1n) is 6.51. The summed E-state index contributed by atoms with van der Waals surface area (Å²) in [6.07, 6.45) is 1.60. The van der Waals surface area contributed by atoms with Gasteiger partial charge in [0.2, 0.25) is 5.89 Å². The number of likely N-dealkylation sites (N-methyl/N-ethyl adjacent to an activating group) is 1. The Morgan fingerprint density at radius 1 is 1.40 bits per heavy atom. The summed E-state index contributed by atoms with van der Waals surface area (Å²) >= 11 is 0. The normalized spacial score (nSPS) is 20.4. The standard InChI is InChI=1S/C13H16FN5O/c1-9-16-13(20-17-9)11-8-19(7-6-18(11)2)12-10(14)4-3-5-15-12/h3-5,11H,6-8H2,1-2H3. The van der Waals surface area contributed by atoms with Gasteiger partial charge in [-0.25, -0.2) is 9.37 Å². The maximum Gasteiger partial charge on any atom is 0.245 e. The smallest absolute Gasteiger partial charge is 0.245 e. The summed E-state index contributed by atoms with van der Waals surface area (Å²) in [4.78, 5) is 12.4. The van der Waals surface area contributed by atoms with E-state index in [9.17, 15) is 4.39 Å². The molecule has 1 atom stereocenters. The first kappa shape index (κ1) is 13.0. The molecule has 1 fully saturated rings. The molecule has 7 heteroatoms. The van der Waals surface area contributed by atoms with E-state index in [0.29, 0.717) is 30.6 Å². The molecule has 6 nitrogen and oxygen atoms in total. The molecule has 0 bridgehead atoms. The molecule has 1 aliphatic rings. The molecule has 2 aromatic heterocycles. The zero-order chi connectivity index (χ0) is 14.1. The van der Waals surface area contributed by atoms with Crippen LogP contribution in [0.1, 0.15) is 17.8 Å². The molecule has 2 aromatic rings. The van der Waals surface area contributed by atoms with Crippen LogP contribution in [0.15, 0.2) is 22.9 Å². The van der Waals surface area contributed by atoms with Gasteiger partial charge in [0.1, 0.15) is 6.04 Å². The third-order valence-electron chi connectivity index (χ3n) is 3.51. The highest BCUT2D eigenvalue weighted by atomic mass is 19.1. The van der Waals surface area contributed by atoms with Gasteiger partial charge in [-0.15, -0.1) is 0 Å². The van der Waals surface area contributed by atoms with Crippen molar-refractivity contribution in [2.45, 2.75) is 13.0 Å².